The highest BCUT2D eigenvalue weighted by Crippen LogP contribution is 2.51. The fraction of sp³-hybridized carbons (Fsp3) is 0.618. The van der Waals surface area contributed by atoms with E-state index in [0.717, 1.165) is 4.90 Å². The molecular weight excluding hydrogens is 737 g/mol. The average Bonchev–Trinajstić information content (AvgIpc) is 3.44. The summed E-state index contributed by atoms with van der Waals surface area (Å²) in [5.41, 5.74) is 6.67. The topological polar surface area (TPSA) is 235 Å². The first-order valence-corrected chi connectivity index (χ1v) is 19.6. The summed E-state index contributed by atoms with van der Waals surface area (Å²) in [4.78, 5) is 91.6. The molecule has 1 aliphatic carbocycles. The monoisotopic (exact) mass is 778 g/mol. The quantitative estimate of drug-likeness (QED) is 0.174. The second-order valence-corrected chi connectivity index (χ2v) is 19.2. The van der Waals surface area contributed by atoms with Crippen LogP contribution in [-0.4, -0.2) is 112 Å². The van der Waals surface area contributed by atoms with Crippen molar-refractivity contribution in [3.63, 3.8) is 0 Å². The number of benzene rings is 1. The maximum Gasteiger partial charge on any atom is 0.333 e. The van der Waals surface area contributed by atoms with Gasteiger partial charge in [-0.3, -0.25) is 24.0 Å². The standard InChI is InChI=1S/C34H42N4O13S2/c1-33(2)24(38-27(41)23(28(38)52-33)36-26(40)22(35)17-8-6-5-7-9-17)31(44)50-15-48-29(42)18-10-12-19(13-11-18)30(43)49-16-51-32(45)25-34(3,4)53(46,47)21-14-20(39)37(21)25/h5-9,18-19,21-25,28H,10-16,35H2,1-4H3,(H,36,40)/t18?,19?,21-,22?,23-,24+,25+,28-/m1/s1. The Bertz CT molecular complexity index is 1810. The number of sulfone groups is 1. The smallest absolute Gasteiger partial charge is 0.333 e. The van der Waals surface area contributed by atoms with Crippen LogP contribution in [0.2, 0.25) is 0 Å². The molecule has 4 saturated heterocycles. The highest BCUT2D eigenvalue weighted by atomic mass is 32.2. The normalized spacial score (nSPS) is 30.8. The summed E-state index contributed by atoms with van der Waals surface area (Å²) < 4.78 is 43.7. The number of rotatable bonds is 11. The van der Waals surface area contributed by atoms with Crippen LogP contribution in [-0.2, 0) is 62.3 Å². The molecule has 1 unspecified atom stereocenters. The summed E-state index contributed by atoms with van der Waals surface area (Å²) in [6.45, 7) is 4.81. The van der Waals surface area contributed by atoms with E-state index in [0.29, 0.717) is 5.56 Å². The van der Waals surface area contributed by atoms with E-state index in [4.69, 9.17) is 24.7 Å². The molecule has 3 amide bonds. The van der Waals surface area contributed by atoms with Crippen molar-refractivity contribution in [2.24, 2.45) is 17.6 Å². The van der Waals surface area contributed by atoms with Gasteiger partial charge in [0.1, 0.15) is 34.9 Å². The maximum absolute atomic E-state index is 13.2. The number of nitrogens with one attached hydrogen (secondary N) is 1. The summed E-state index contributed by atoms with van der Waals surface area (Å²) in [7, 11) is -3.80. The summed E-state index contributed by atoms with van der Waals surface area (Å²) in [6, 6.07) is 4.53. The molecule has 19 heteroatoms. The zero-order chi connectivity index (χ0) is 38.6. The molecule has 0 bridgehead atoms. The third-order valence-electron chi connectivity index (χ3n) is 10.8. The van der Waals surface area contributed by atoms with Crippen molar-refractivity contribution < 1.29 is 60.9 Å². The van der Waals surface area contributed by atoms with Gasteiger partial charge in [0.2, 0.25) is 31.3 Å². The van der Waals surface area contributed by atoms with Crippen molar-refractivity contribution in [3.8, 4) is 0 Å². The van der Waals surface area contributed by atoms with E-state index in [1.54, 1.807) is 44.2 Å². The van der Waals surface area contributed by atoms with Gasteiger partial charge in [0, 0.05) is 4.75 Å². The first kappa shape index (κ1) is 38.5. The molecule has 3 N–H and O–H groups in total. The lowest BCUT2D eigenvalue weighted by Crippen LogP contribution is -2.71. The minimum Gasteiger partial charge on any atom is -0.428 e. The molecule has 0 aromatic heterocycles. The Hall–Kier alpha value is -4.23. The van der Waals surface area contributed by atoms with Crippen LogP contribution in [0.15, 0.2) is 30.3 Å². The van der Waals surface area contributed by atoms with Crippen LogP contribution in [0.3, 0.4) is 0 Å². The first-order chi connectivity index (χ1) is 24.9. The molecule has 1 aromatic rings. The minimum atomic E-state index is -3.80. The van der Waals surface area contributed by atoms with Gasteiger partial charge >= 0.3 is 23.9 Å². The van der Waals surface area contributed by atoms with E-state index in [1.165, 1.54) is 30.5 Å². The summed E-state index contributed by atoms with van der Waals surface area (Å²) in [5.74, 6) is -5.65. The van der Waals surface area contributed by atoms with Crippen molar-refractivity contribution >= 4 is 63.2 Å². The molecule has 0 radical (unpaired) electrons. The Balaban J connectivity index is 0.904. The number of ether oxygens (including phenoxy) is 4. The van der Waals surface area contributed by atoms with E-state index in [1.807, 2.05) is 0 Å². The summed E-state index contributed by atoms with van der Waals surface area (Å²) in [5, 5.41) is 1.11. The molecule has 0 spiro atoms. The number of thioether (sulfide) groups is 1. The van der Waals surface area contributed by atoms with Crippen LogP contribution >= 0.6 is 11.8 Å². The maximum atomic E-state index is 13.2. The fourth-order valence-electron chi connectivity index (χ4n) is 7.64. The molecule has 1 saturated carbocycles. The molecule has 4 heterocycles. The molecule has 6 rings (SSSR count). The molecule has 6 atom stereocenters. The molecule has 4 aliphatic heterocycles. The van der Waals surface area contributed by atoms with Crippen LogP contribution in [0, 0.1) is 11.8 Å². The van der Waals surface area contributed by atoms with Crippen LogP contribution in [0.4, 0.5) is 0 Å². The summed E-state index contributed by atoms with van der Waals surface area (Å²) in [6.07, 6.45) is 0.891. The van der Waals surface area contributed by atoms with E-state index in [9.17, 15) is 42.0 Å². The molecule has 5 aliphatic rings. The number of nitrogens with zero attached hydrogens (tertiary/aromatic N) is 2. The Kier molecular flexibility index (Phi) is 10.3. The van der Waals surface area contributed by atoms with Gasteiger partial charge < -0.3 is 39.8 Å². The molecule has 17 nitrogen and oxygen atoms in total. The van der Waals surface area contributed by atoms with Gasteiger partial charge in [-0.1, -0.05) is 30.3 Å². The number of carbonyl (C=O) groups is 7. The average molecular weight is 779 g/mol. The van der Waals surface area contributed by atoms with Crippen molar-refractivity contribution in [1.29, 1.82) is 0 Å². The Morgan fingerprint density at radius 3 is 1.87 bits per heavy atom. The second-order valence-electron chi connectivity index (χ2n) is 14.8. The van der Waals surface area contributed by atoms with Gasteiger partial charge in [-0.15, -0.1) is 11.8 Å². The fourth-order valence-corrected chi connectivity index (χ4v) is 11.4. The lowest BCUT2D eigenvalue weighted by atomic mass is 9.82. The zero-order valence-corrected chi connectivity index (χ0v) is 31.2. The molecule has 5 fully saturated rings. The number of esters is 4. The van der Waals surface area contributed by atoms with Gasteiger partial charge in [0.05, 0.1) is 23.0 Å². The third-order valence-corrected chi connectivity index (χ3v) is 15.2. The number of amides is 3. The van der Waals surface area contributed by atoms with Gasteiger partial charge in [-0.05, 0) is 58.9 Å². The SMILES string of the molecule is CC1(C)S[C@@H]2[C@H](NC(=O)C(N)c3ccccc3)C(=O)N2[C@H]1C(=O)OCOC(=O)C1CCC(C(=O)OCOC(=O)[C@@H]2N3C(=O)C[C@H]3S(=O)(=O)C2(C)C)CC1. The predicted molar refractivity (Wildman–Crippen MR) is 183 cm³/mol. The highest BCUT2D eigenvalue weighted by Gasteiger charge is 2.68. The van der Waals surface area contributed by atoms with Crippen molar-refractivity contribution in [2.45, 2.75) is 104 Å². The molecule has 288 valence electrons. The largest absolute Gasteiger partial charge is 0.428 e. The van der Waals surface area contributed by atoms with E-state index >= 15 is 0 Å². The second kappa shape index (κ2) is 14.2. The number of carbonyl (C=O) groups excluding carboxylic acids is 7. The van der Waals surface area contributed by atoms with Gasteiger partial charge in [0.25, 0.3) is 0 Å². The minimum absolute atomic E-state index is 0.193. The van der Waals surface area contributed by atoms with Crippen LogP contribution in [0.5, 0.6) is 0 Å². The lowest BCUT2D eigenvalue weighted by Gasteiger charge is -2.44. The number of β-lactam (4-membered cyclic amide) rings is 2. The lowest BCUT2D eigenvalue weighted by molar-refractivity contribution is -0.181. The van der Waals surface area contributed by atoms with E-state index < -0.39 is 121 Å². The number of nitrogens with two attached hydrogens (primary N) is 1. The zero-order valence-electron chi connectivity index (χ0n) is 29.6. The van der Waals surface area contributed by atoms with Crippen molar-refractivity contribution in [2.75, 3.05) is 13.6 Å². The van der Waals surface area contributed by atoms with Crippen molar-refractivity contribution in [3.05, 3.63) is 35.9 Å². The molecule has 1 aromatic carbocycles. The number of hydrogen-bond donors (Lipinski definition) is 2. The van der Waals surface area contributed by atoms with E-state index in [-0.39, 0.29) is 32.1 Å². The van der Waals surface area contributed by atoms with E-state index in [2.05, 4.69) is 5.32 Å². The van der Waals surface area contributed by atoms with Crippen LogP contribution in [0.25, 0.3) is 0 Å². The number of fused-ring (bicyclic) bond motifs is 2. The Morgan fingerprint density at radius 1 is 0.830 bits per heavy atom. The summed E-state index contributed by atoms with van der Waals surface area (Å²) >= 11 is 1.34. The Morgan fingerprint density at radius 2 is 1.34 bits per heavy atom. The Labute approximate surface area is 309 Å². The predicted octanol–water partition coefficient (Wildman–Crippen LogP) is 0.262. The van der Waals surface area contributed by atoms with Gasteiger partial charge in [-0.2, -0.15) is 0 Å². The van der Waals surface area contributed by atoms with Crippen molar-refractivity contribution in [1.82, 2.24) is 15.1 Å². The van der Waals surface area contributed by atoms with Gasteiger partial charge in [-0.25, -0.2) is 18.0 Å². The number of hydrogen-bond acceptors (Lipinski definition) is 15. The van der Waals surface area contributed by atoms with Crippen LogP contribution < -0.4 is 11.1 Å². The van der Waals surface area contributed by atoms with Crippen LogP contribution in [0.1, 0.15) is 71.4 Å². The third kappa shape index (κ3) is 6.75. The molecule has 53 heavy (non-hydrogen) atoms. The molecular formula is C34H42N4O13S2. The highest BCUT2D eigenvalue weighted by molar-refractivity contribution is 8.01. The van der Waals surface area contributed by atoms with Gasteiger partial charge in [0.15, 0.2) is 9.84 Å². The first-order valence-electron chi connectivity index (χ1n) is 17.2.